The van der Waals surface area contributed by atoms with Crippen LogP contribution in [-0.4, -0.2) is 79.6 Å². The fourth-order valence-corrected chi connectivity index (χ4v) is 4.91. The molecule has 4 heterocycles. The monoisotopic (exact) mass is 498 g/mol. The van der Waals surface area contributed by atoms with Crippen LogP contribution in [0.4, 0.5) is 17.3 Å². The molecule has 0 saturated carbocycles. The summed E-state index contributed by atoms with van der Waals surface area (Å²) in [5.41, 5.74) is 4.19. The van der Waals surface area contributed by atoms with Gasteiger partial charge in [-0.1, -0.05) is 0 Å². The number of piperazine rings is 1. The third-order valence-corrected chi connectivity index (χ3v) is 7.17. The highest BCUT2D eigenvalue weighted by Gasteiger charge is 2.28. The molecule has 1 aromatic heterocycles. The van der Waals surface area contributed by atoms with Gasteiger partial charge in [-0.15, -0.1) is 0 Å². The van der Waals surface area contributed by atoms with Crippen LogP contribution in [0.5, 0.6) is 5.75 Å². The molecule has 3 fully saturated rings. The minimum absolute atomic E-state index is 0.00812. The van der Waals surface area contributed by atoms with Crippen molar-refractivity contribution < 1.29 is 14.2 Å². The van der Waals surface area contributed by atoms with Crippen molar-refractivity contribution in [3.8, 4) is 23.1 Å². The predicted octanol–water partition coefficient (Wildman–Crippen LogP) is 3.45. The van der Waals surface area contributed by atoms with Gasteiger partial charge >= 0.3 is 0 Å². The third kappa shape index (κ3) is 5.37. The van der Waals surface area contributed by atoms with E-state index in [2.05, 4.69) is 55.4 Å². The van der Waals surface area contributed by atoms with E-state index >= 15 is 0 Å². The van der Waals surface area contributed by atoms with Crippen molar-refractivity contribution in [2.45, 2.75) is 18.6 Å². The normalized spacial score (nSPS) is 20.3. The van der Waals surface area contributed by atoms with Gasteiger partial charge < -0.3 is 24.4 Å². The van der Waals surface area contributed by atoms with Gasteiger partial charge in [-0.2, -0.15) is 5.26 Å². The molecule has 1 unspecified atom stereocenters. The second-order valence-corrected chi connectivity index (χ2v) is 9.58. The van der Waals surface area contributed by atoms with Crippen molar-refractivity contribution in [3.05, 3.63) is 60.3 Å². The molecule has 190 valence electrons. The Kier molecular flexibility index (Phi) is 6.86. The van der Waals surface area contributed by atoms with Crippen LogP contribution in [0.15, 0.2) is 54.7 Å². The molecule has 37 heavy (non-hydrogen) atoms. The number of hydrogen-bond donors (Lipinski definition) is 1. The Hall–Kier alpha value is -3.71. The number of aromatic nitrogens is 2. The van der Waals surface area contributed by atoms with E-state index in [1.54, 1.807) is 6.20 Å². The number of anilines is 3. The molecular formula is C28H30N6O3. The zero-order valence-electron chi connectivity index (χ0n) is 20.7. The quantitative estimate of drug-likeness (QED) is 0.525. The molecule has 0 aliphatic carbocycles. The van der Waals surface area contributed by atoms with Crippen molar-refractivity contribution in [2.24, 2.45) is 0 Å². The highest BCUT2D eigenvalue weighted by atomic mass is 16.5. The minimum Gasteiger partial charge on any atom is -0.487 e. The fourth-order valence-electron chi connectivity index (χ4n) is 4.91. The molecule has 3 aromatic rings. The summed E-state index contributed by atoms with van der Waals surface area (Å²) in [4.78, 5) is 14.0. The standard InChI is InChI=1S/C28H30N6O3/c29-16-21-15-20(1-6-27(21)37-25-8-14-35-19-25)26-7-9-30-28(32-26)31-22-2-4-23(5-3-22)33-10-12-34(13-11-33)24-17-36-18-24/h1-7,9,15,24-25H,8,10-14,17-19H2,(H,30,31,32). The highest BCUT2D eigenvalue weighted by Crippen LogP contribution is 2.28. The van der Waals surface area contributed by atoms with E-state index in [1.165, 1.54) is 5.69 Å². The number of ether oxygens (including phenoxy) is 3. The van der Waals surface area contributed by atoms with Gasteiger partial charge in [0, 0.05) is 55.7 Å². The Labute approximate surface area is 216 Å². The van der Waals surface area contributed by atoms with Crippen LogP contribution in [-0.2, 0) is 9.47 Å². The number of rotatable bonds is 7. The lowest BCUT2D eigenvalue weighted by Crippen LogP contribution is -2.56. The summed E-state index contributed by atoms with van der Waals surface area (Å²) in [6, 6.07) is 18.7. The zero-order chi connectivity index (χ0) is 25.0. The summed E-state index contributed by atoms with van der Waals surface area (Å²) in [6.07, 6.45) is 2.55. The van der Waals surface area contributed by atoms with E-state index in [0.717, 1.165) is 62.8 Å². The first-order valence-electron chi connectivity index (χ1n) is 12.8. The van der Waals surface area contributed by atoms with Gasteiger partial charge in [-0.3, -0.25) is 4.90 Å². The lowest BCUT2D eigenvalue weighted by atomic mass is 10.1. The van der Waals surface area contributed by atoms with Gasteiger partial charge in [-0.05, 0) is 48.5 Å². The third-order valence-electron chi connectivity index (χ3n) is 7.17. The topological polar surface area (TPSA) is 95.8 Å². The van der Waals surface area contributed by atoms with E-state index in [0.29, 0.717) is 36.5 Å². The molecule has 3 aliphatic heterocycles. The lowest BCUT2D eigenvalue weighted by Gasteiger charge is -2.43. The number of benzene rings is 2. The summed E-state index contributed by atoms with van der Waals surface area (Å²) >= 11 is 0. The molecule has 3 aliphatic rings. The van der Waals surface area contributed by atoms with Gasteiger partial charge in [0.2, 0.25) is 5.95 Å². The van der Waals surface area contributed by atoms with Gasteiger partial charge in [0.25, 0.3) is 0 Å². The Bertz CT molecular complexity index is 1260. The molecule has 9 nitrogen and oxygen atoms in total. The molecule has 3 saturated heterocycles. The molecule has 0 spiro atoms. The second-order valence-electron chi connectivity index (χ2n) is 9.58. The van der Waals surface area contributed by atoms with E-state index < -0.39 is 0 Å². The van der Waals surface area contributed by atoms with Crippen LogP contribution in [0, 0.1) is 11.3 Å². The van der Waals surface area contributed by atoms with Crippen LogP contribution in [0.2, 0.25) is 0 Å². The molecular weight excluding hydrogens is 468 g/mol. The van der Waals surface area contributed by atoms with Crippen molar-refractivity contribution in [1.82, 2.24) is 14.9 Å². The zero-order valence-corrected chi connectivity index (χ0v) is 20.7. The summed E-state index contributed by atoms with van der Waals surface area (Å²) in [7, 11) is 0. The Morgan fingerprint density at radius 3 is 2.51 bits per heavy atom. The average Bonchev–Trinajstić information content (AvgIpc) is 3.42. The van der Waals surface area contributed by atoms with Crippen LogP contribution in [0.25, 0.3) is 11.3 Å². The summed E-state index contributed by atoms with van der Waals surface area (Å²) < 4.78 is 16.7. The van der Waals surface area contributed by atoms with Crippen molar-refractivity contribution >= 4 is 17.3 Å². The maximum absolute atomic E-state index is 9.66. The molecule has 2 aromatic carbocycles. The van der Waals surface area contributed by atoms with E-state index in [1.807, 2.05) is 24.3 Å². The van der Waals surface area contributed by atoms with Crippen molar-refractivity contribution in [1.29, 1.82) is 5.26 Å². The predicted molar refractivity (Wildman–Crippen MR) is 140 cm³/mol. The SMILES string of the molecule is N#Cc1cc(-c2ccnc(Nc3ccc(N4CCN(C5COC5)CC4)cc3)n2)ccc1OC1CCOC1. The molecule has 9 heteroatoms. The van der Waals surface area contributed by atoms with Crippen LogP contribution in [0.1, 0.15) is 12.0 Å². The van der Waals surface area contributed by atoms with Crippen LogP contribution >= 0.6 is 0 Å². The Morgan fingerprint density at radius 2 is 1.81 bits per heavy atom. The van der Waals surface area contributed by atoms with Crippen LogP contribution < -0.4 is 15.0 Å². The molecule has 0 radical (unpaired) electrons. The number of nitrogens with one attached hydrogen (secondary N) is 1. The van der Waals surface area contributed by atoms with E-state index in [4.69, 9.17) is 14.2 Å². The van der Waals surface area contributed by atoms with Crippen molar-refractivity contribution in [3.63, 3.8) is 0 Å². The van der Waals surface area contributed by atoms with E-state index in [9.17, 15) is 5.26 Å². The maximum atomic E-state index is 9.66. The summed E-state index contributed by atoms with van der Waals surface area (Å²) in [5, 5.41) is 13.0. The smallest absolute Gasteiger partial charge is 0.227 e. The summed E-state index contributed by atoms with van der Waals surface area (Å²) in [5.74, 6) is 1.08. The van der Waals surface area contributed by atoms with E-state index in [-0.39, 0.29) is 6.10 Å². The lowest BCUT2D eigenvalue weighted by molar-refractivity contribution is -0.0660. The first-order chi connectivity index (χ1) is 18.2. The average molecular weight is 499 g/mol. The van der Waals surface area contributed by atoms with Gasteiger partial charge in [0.1, 0.15) is 17.9 Å². The number of hydrogen-bond acceptors (Lipinski definition) is 9. The van der Waals surface area contributed by atoms with Crippen LogP contribution in [0.3, 0.4) is 0 Å². The number of nitrogens with zero attached hydrogens (tertiary/aromatic N) is 5. The van der Waals surface area contributed by atoms with Gasteiger partial charge in [0.15, 0.2) is 0 Å². The largest absolute Gasteiger partial charge is 0.487 e. The fraction of sp³-hybridized carbons (Fsp3) is 0.393. The molecule has 6 rings (SSSR count). The maximum Gasteiger partial charge on any atom is 0.227 e. The van der Waals surface area contributed by atoms with Crippen molar-refractivity contribution in [2.75, 3.05) is 62.8 Å². The summed E-state index contributed by atoms with van der Waals surface area (Å²) in [6.45, 7) is 7.20. The molecule has 0 amide bonds. The minimum atomic E-state index is -0.00812. The van der Waals surface area contributed by atoms with Gasteiger partial charge in [0.05, 0.1) is 43.7 Å². The highest BCUT2D eigenvalue weighted by molar-refractivity contribution is 5.66. The number of nitriles is 1. The first-order valence-corrected chi connectivity index (χ1v) is 12.8. The first kappa shape index (κ1) is 23.7. The molecule has 1 atom stereocenters. The Morgan fingerprint density at radius 1 is 0.973 bits per heavy atom. The Balaban J connectivity index is 1.10. The molecule has 1 N–H and O–H groups in total. The second kappa shape index (κ2) is 10.7. The van der Waals surface area contributed by atoms with Gasteiger partial charge in [-0.25, -0.2) is 9.97 Å². The molecule has 0 bridgehead atoms.